The molecule has 96 valence electrons. The Balaban J connectivity index is 1.79. The SMILES string of the molecule is OCCc1nnc(CCOc2ccc(F)cc2)o1. The Bertz CT molecular complexity index is 484. The van der Waals surface area contributed by atoms with Gasteiger partial charge >= 0.3 is 0 Å². The Kier molecular flexibility index (Phi) is 4.25. The maximum atomic E-state index is 12.6. The number of aromatic nitrogens is 2. The fourth-order valence-corrected chi connectivity index (χ4v) is 1.37. The largest absolute Gasteiger partial charge is 0.493 e. The van der Waals surface area contributed by atoms with Crippen molar-refractivity contribution < 1.29 is 18.7 Å². The topological polar surface area (TPSA) is 68.4 Å². The van der Waals surface area contributed by atoms with Crippen LogP contribution >= 0.6 is 0 Å². The van der Waals surface area contributed by atoms with Gasteiger partial charge in [-0.25, -0.2) is 4.39 Å². The molecule has 0 unspecified atom stereocenters. The van der Waals surface area contributed by atoms with Crippen molar-refractivity contribution in [2.24, 2.45) is 0 Å². The van der Waals surface area contributed by atoms with Gasteiger partial charge in [0.1, 0.15) is 11.6 Å². The number of benzene rings is 1. The minimum Gasteiger partial charge on any atom is -0.493 e. The lowest BCUT2D eigenvalue weighted by Crippen LogP contribution is -2.01. The third-order valence-electron chi connectivity index (χ3n) is 2.23. The van der Waals surface area contributed by atoms with E-state index >= 15 is 0 Å². The summed E-state index contributed by atoms with van der Waals surface area (Å²) in [4.78, 5) is 0. The number of rotatable bonds is 6. The molecule has 0 atom stereocenters. The summed E-state index contributed by atoms with van der Waals surface area (Å²) in [7, 11) is 0. The van der Waals surface area contributed by atoms with Gasteiger partial charge in [0.2, 0.25) is 11.8 Å². The first-order valence-corrected chi connectivity index (χ1v) is 5.58. The molecule has 1 heterocycles. The summed E-state index contributed by atoms with van der Waals surface area (Å²) in [5, 5.41) is 16.3. The number of ether oxygens (including phenoxy) is 1. The molecule has 0 fully saturated rings. The van der Waals surface area contributed by atoms with Gasteiger partial charge in [0.05, 0.1) is 19.6 Å². The highest BCUT2D eigenvalue weighted by molar-refractivity contribution is 5.21. The first-order chi connectivity index (χ1) is 8.78. The average molecular weight is 252 g/mol. The molecule has 0 saturated carbocycles. The molecule has 0 aliphatic heterocycles. The first-order valence-electron chi connectivity index (χ1n) is 5.58. The molecule has 18 heavy (non-hydrogen) atoms. The Morgan fingerprint density at radius 1 is 1.11 bits per heavy atom. The molecule has 0 amide bonds. The summed E-state index contributed by atoms with van der Waals surface area (Å²) < 4.78 is 23.3. The van der Waals surface area contributed by atoms with Crippen molar-refractivity contribution in [3.63, 3.8) is 0 Å². The fourth-order valence-electron chi connectivity index (χ4n) is 1.37. The molecule has 0 bridgehead atoms. The highest BCUT2D eigenvalue weighted by Gasteiger charge is 2.05. The normalized spacial score (nSPS) is 10.6. The van der Waals surface area contributed by atoms with Crippen LogP contribution in [0.2, 0.25) is 0 Å². The molecule has 6 heteroatoms. The Hall–Kier alpha value is -1.95. The molecule has 1 aromatic heterocycles. The summed E-state index contributed by atoms with van der Waals surface area (Å²) in [6.45, 7) is 0.347. The van der Waals surface area contributed by atoms with E-state index in [2.05, 4.69) is 10.2 Å². The van der Waals surface area contributed by atoms with Crippen LogP contribution in [0.3, 0.4) is 0 Å². The van der Waals surface area contributed by atoms with E-state index in [-0.39, 0.29) is 12.4 Å². The van der Waals surface area contributed by atoms with Gasteiger partial charge in [-0.3, -0.25) is 0 Å². The van der Waals surface area contributed by atoms with Crippen LogP contribution in [0.15, 0.2) is 28.7 Å². The second-order valence-corrected chi connectivity index (χ2v) is 3.62. The van der Waals surface area contributed by atoms with E-state index < -0.39 is 0 Å². The molecule has 1 aromatic carbocycles. The average Bonchev–Trinajstić information content (AvgIpc) is 2.80. The molecule has 0 spiro atoms. The van der Waals surface area contributed by atoms with Gasteiger partial charge in [0.25, 0.3) is 0 Å². The lowest BCUT2D eigenvalue weighted by molar-refractivity contribution is 0.278. The zero-order chi connectivity index (χ0) is 12.8. The minimum absolute atomic E-state index is 0.0201. The number of aliphatic hydroxyl groups is 1. The third-order valence-corrected chi connectivity index (χ3v) is 2.23. The highest BCUT2D eigenvalue weighted by atomic mass is 19.1. The molecule has 2 aromatic rings. The number of hydrogen-bond acceptors (Lipinski definition) is 5. The predicted molar refractivity (Wildman–Crippen MR) is 60.7 cm³/mol. The van der Waals surface area contributed by atoms with Crippen molar-refractivity contribution in [1.29, 1.82) is 0 Å². The van der Waals surface area contributed by atoms with Crippen molar-refractivity contribution in [2.45, 2.75) is 12.8 Å². The quantitative estimate of drug-likeness (QED) is 0.840. The maximum absolute atomic E-state index is 12.6. The molecule has 1 N–H and O–H groups in total. The lowest BCUT2D eigenvalue weighted by atomic mass is 10.3. The lowest BCUT2D eigenvalue weighted by Gasteiger charge is -2.03. The second-order valence-electron chi connectivity index (χ2n) is 3.62. The molecule has 5 nitrogen and oxygen atoms in total. The summed E-state index contributed by atoms with van der Waals surface area (Å²) in [6, 6.07) is 5.78. The molecule has 0 saturated heterocycles. The molecule has 0 radical (unpaired) electrons. The van der Waals surface area contributed by atoms with E-state index in [0.717, 1.165) is 0 Å². The third kappa shape index (κ3) is 3.53. The van der Waals surface area contributed by atoms with Crippen LogP contribution in [-0.2, 0) is 12.8 Å². The Morgan fingerprint density at radius 3 is 2.44 bits per heavy atom. The van der Waals surface area contributed by atoms with Crippen LogP contribution in [0.4, 0.5) is 4.39 Å². The van der Waals surface area contributed by atoms with Crippen LogP contribution in [0.5, 0.6) is 5.75 Å². The van der Waals surface area contributed by atoms with E-state index in [1.165, 1.54) is 12.1 Å². The molecular weight excluding hydrogens is 239 g/mol. The van der Waals surface area contributed by atoms with Crippen LogP contribution in [0.1, 0.15) is 11.8 Å². The van der Waals surface area contributed by atoms with Crippen molar-refractivity contribution in [1.82, 2.24) is 10.2 Å². The predicted octanol–water partition coefficient (Wildman–Crippen LogP) is 1.37. The van der Waals surface area contributed by atoms with Crippen molar-refractivity contribution in [3.05, 3.63) is 41.9 Å². The maximum Gasteiger partial charge on any atom is 0.219 e. The summed E-state index contributed by atoms with van der Waals surface area (Å²) >= 11 is 0. The molecule has 2 rings (SSSR count). The zero-order valence-corrected chi connectivity index (χ0v) is 9.67. The van der Waals surface area contributed by atoms with Crippen molar-refractivity contribution in [2.75, 3.05) is 13.2 Å². The van der Waals surface area contributed by atoms with Crippen molar-refractivity contribution >= 4 is 0 Å². The highest BCUT2D eigenvalue weighted by Crippen LogP contribution is 2.11. The number of aliphatic hydroxyl groups excluding tert-OH is 1. The minimum atomic E-state index is -0.298. The van der Waals surface area contributed by atoms with Gasteiger partial charge in [0, 0.05) is 6.42 Å². The van der Waals surface area contributed by atoms with Crippen LogP contribution < -0.4 is 4.74 Å². The van der Waals surface area contributed by atoms with E-state index in [9.17, 15) is 4.39 Å². The van der Waals surface area contributed by atoms with Gasteiger partial charge in [0.15, 0.2) is 0 Å². The summed E-state index contributed by atoms with van der Waals surface area (Å²) in [6.07, 6.45) is 0.821. The van der Waals surface area contributed by atoms with Crippen LogP contribution in [0, 0.1) is 5.82 Å². The number of nitrogens with zero attached hydrogens (tertiary/aromatic N) is 2. The first kappa shape index (κ1) is 12.5. The number of hydrogen-bond donors (Lipinski definition) is 1. The van der Waals surface area contributed by atoms with Crippen LogP contribution in [-0.4, -0.2) is 28.5 Å². The summed E-state index contributed by atoms with van der Waals surface area (Å²) in [5.74, 6) is 1.16. The van der Waals surface area contributed by atoms with Gasteiger partial charge in [-0.2, -0.15) is 0 Å². The summed E-state index contributed by atoms with van der Waals surface area (Å²) in [5.41, 5.74) is 0. The van der Waals surface area contributed by atoms with Crippen molar-refractivity contribution in [3.8, 4) is 5.75 Å². The van der Waals surface area contributed by atoms with Gasteiger partial charge in [-0.1, -0.05) is 0 Å². The van der Waals surface area contributed by atoms with E-state index in [4.69, 9.17) is 14.3 Å². The van der Waals surface area contributed by atoms with E-state index in [0.29, 0.717) is 37.0 Å². The number of halogens is 1. The molecule has 0 aliphatic carbocycles. The smallest absolute Gasteiger partial charge is 0.219 e. The Labute approximate surface area is 103 Å². The Morgan fingerprint density at radius 2 is 1.78 bits per heavy atom. The standard InChI is InChI=1S/C12H13FN2O3/c13-9-1-3-10(4-2-9)17-8-6-12-15-14-11(18-12)5-7-16/h1-4,16H,5-8H2. The molecular formula is C12H13FN2O3. The molecule has 0 aliphatic rings. The van der Waals surface area contributed by atoms with Crippen LogP contribution in [0.25, 0.3) is 0 Å². The monoisotopic (exact) mass is 252 g/mol. The fraction of sp³-hybridized carbons (Fsp3) is 0.333. The van der Waals surface area contributed by atoms with E-state index in [1.807, 2.05) is 0 Å². The van der Waals surface area contributed by atoms with Gasteiger partial charge in [-0.15, -0.1) is 10.2 Å². The van der Waals surface area contributed by atoms with E-state index in [1.54, 1.807) is 12.1 Å². The van der Waals surface area contributed by atoms with Gasteiger partial charge in [-0.05, 0) is 24.3 Å². The second kappa shape index (κ2) is 6.11. The zero-order valence-electron chi connectivity index (χ0n) is 9.67. The van der Waals surface area contributed by atoms with Gasteiger partial charge < -0.3 is 14.3 Å².